The van der Waals surface area contributed by atoms with Gasteiger partial charge in [-0.15, -0.1) is 0 Å². The molecule has 88 valence electrons. The van der Waals surface area contributed by atoms with E-state index in [0.29, 0.717) is 0 Å². The Morgan fingerprint density at radius 3 is 3.25 bits per heavy atom. The number of aryl methyl sites for hydroxylation is 1. The number of aromatic nitrogens is 2. The Bertz CT molecular complexity index is 360. The van der Waals surface area contributed by atoms with Crippen molar-refractivity contribution in [3.63, 3.8) is 0 Å². The van der Waals surface area contributed by atoms with Gasteiger partial charge in [0.25, 0.3) is 0 Å². The van der Waals surface area contributed by atoms with Crippen molar-refractivity contribution in [2.45, 2.75) is 18.9 Å². The second kappa shape index (κ2) is 4.18. The van der Waals surface area contributed by atoms with Crippen LogP contribution in [0.1, 0.15) is 12.1 Å². The van der Waals surface area contributed by atoms with Crippen molar-refractivity contribution >= 4 is 0 Å². The van der Waals surface area contributed by atoms with E-state index in [2.05, 4.69) is 26.8 Å². The van der Waals surface area contributed by atoms with Crippen molar-refractivity contribution < 1.29 is 0 Å². The van der Waals surface area contributed by atoms with E-state index in [9.17, 15) is 0 Å². The molecular formula is C12H20N4. The monoisotopic (exact) mass is 220 g/mol. The molecule has 16 heavy (non-hydrogen) atoms. The first-order valence-electron chi connectivity index (χ1n) is 6.24. The molecule has 0 saturated carbocycles. The zero-order valence-electron chi connectivity index (χ0n) is 9.89. The molecule has 1 aromatic heterocycles. The van der Waals surface area contributed by atoms with Crippen LogP contribution in [0.3, 0.4) is 0 Å². The number of fused-ring (bicyclic) bond motifs is 1. The molecule has 2 atom stereocenters. The molecule has 1 N–H and O–H groups in total. The van der Waals surface area contributed by atoms with Crippen molar-refractivity contribution in [2.24, 2.45) is 13.0 Å². The molecule has 1 aromatic rings. The molecule has 4 heteroatoms. The van der Waals surface area contributed by atoms with Crippen molar-refractivity contribution in [1.29, 1.82) is 0 Å². The molecule has 2 saturated heterocycles. The van der Waals surface area contributed by atoms with Gasteiger partial charge >= 0.3 is 0 Å². The average molecular weight is 220 g/mol. The van der Waals surface area contributed by atoms with Crippen molar-refractivity contribution in [3.05, 3.63) is 18.2 Å². The summed E-state index contributed by atoms with van der Waals surface area (Å²) in [5.41, 5.74) is 1.34. The summed E-state index contributed by atoms with van der Waals surface area (Å²) >= 11 is 0. The fourth-order valence-electron chi connectivity index (χ4n) is 3.10. The molecule has 2 aliphatic rings. The van der Waals surface area contributed by atoms with Gasteiger partial charge in [0.05, 0.1) is 6.33 Å². The third-order valence-corrected chi connectivity index (χ3v) is 4.13. The predicted molar refractivity (Wildman–Crippen MR) is 63.2 cm³/mol. The third kappa shape index (κ3) is 1.76. The first kappa shape index (κ1) is 10.3. The summed E-state index contributed by atoms with van der Waals surface area (Å²) in [4.78, 5) is 6.82. The van der Waals surface area contributed by atoms with Crippen LogP contribution in [0.4, 0.5) is 0 Å². The summed E-state index contributed by atoms with van der Waals surface area (Å²) in [5.74, 6) is 0.909. The number of likely N-dealkylation sites (tertiary alicyclic amines) is 1. The summed E-state index contributed by atoms with van der Waals surface area (Å²) in [6.07, 6.45) is 6.38. The highest BCUT2D eigenvalue weighted by atomic mass is 15.2. The number of hydrogen-bond acceptors (Lipinski definition) is 3. The number of imidazole rings is 1. The van der Waals surface area contributed by atoms with Gasteiger partial charge < -0.3 is 9.88 Å². The minimum Gasteiger partial charge on any atom is -0.338 e. The number of hydrogen-bond donors (Lipinski definition) is 1. The Hall–Kier alpha value is -0.870. The van der Waals surface area contributed by atoms with Gasteiger partial charge in [0, 0.05) is 44.5 Å². The summed E-state index contributed by atoms with van der Waals surface area (Å²) < 4.78 is 2.13. The molecule has 2 aliphatic heterocycles. The highest BCUT2D eigenvalue weighted by Gasteiger charge is 2.36. The van der Waals surface area contributed by atoms with Crippen LogP contribution in [0.25, 0.3) is 0 Å². The Balaban J connectivity index is 1.58. The van der Waals surface area contributed by atoms with Gasteiger partial charge in [-0.3, -0.25) is 4.90 Å². The van der Waals surface area contributed by atoms with Crippen molar-refractivity contribution in [3.8, 4) is 0 Å². The van der Waals surface area contributed by atoms with E-state index < -0.39 is 0 Å². The van der Waals surface area contributed by atoms with Crippen LogP contribution in [0.15, 0.2) is 12.5 Å². The van der Waals surface area contributed by atoms with Crippen LogP contribution >= 0.6 is 0 Å². The molecule has 3 heterocycles. The van der Waals surface area contributed by atoms with Gasteiger partial charge in [0.15, 0.2) is 0 Å². The van der Waals surface area contributed by atoms with Crippen LogP contribution < -0.4 is 5.32 Å². The molecule has 0 spiro atoms. The molecule has 0 radical (unpaired) electrons. The zero-order valence-corrected chi connectivity index (χ0v) is 9.89. The first-order chi connectivity index (χ1) is 7.84. The number of nitrogens with one attached hydrogen (secondary N) is 1. The van der Waals surface area contributed by atoms with Crippen molar-refractivity contribution in [1.82, 2.24) is 19.8 Å². The van der Waals surface area contributed by atoms with Gasteiger partial charge in [0.2, 0.25) is 0 Å². The van der Waals surface area contributed by atoms with E-state index >= 15 is 0 Å². The molecule has 0 aromatic carbocycles. The Kier molecular flexibility index (Phi) is 2.69. The minimum atomic E-state index is 0.799. The number of rotatable bonds is 3. The Morgan fingerprint density at radius 2 is 2.44 bits per heavy atom. The molecule has 0 unspecified atom stereocenters. The maximum absolute atomic E-state index is 4.17. The fourth-order valence-corrected chi connectivity index (χ4v) is 3.10. The quantitative estimate of drug-likeness (QED) is 0.793. The maximum atomic E-state index is 4.17. The lowest BCUT2D eigenvalue weighted by atomic mass is 10.1. The van der Waals surface area contributed by atoms with E-state index in [0.717, 1.165) is 18.4 Å². The lowest BCUT2D eigenvalue weighted by molar-refractivity contribution is 0.254. The lowest BCUT2D eigenvalue weighted by Gasteiger charge is -2.22. The predicted octanol–water partition coefficient (Wildman–Crippen LogP) is 0.256. The largest absolute Gasteiger partial charge is 0.338 e. The molecule has 4 nitrogen and oxygen atoms in total. The highest BCUT2D eigenvalue weighted by molar-refractivity contribution is 5.00. The standard InChI is InChI=1S/C12H20N4/c1-15-9-14-7-11(15)3-5-16-4-2-10-6-13-8-12(10)16/h7,9-10,12-13H,2-6,8H2,1H3/t10-,12+/m1/s1. The van der Waals surface area contributed by atoms with E-state index in [-0.39, 0.29) is 0 Å². The third-order valence-electron chi connectivity index (χ3n) is 4.13. The van der Waals surface area contributed by atoms with Gasteiger partial charge in [-0.1, -0.05) is 0 Å². The molecule has 2 fully saturated rings. The molecular weight excluding hydrogens is 200 g/mol. The Morgan fingerprint density at radius 1 is 1.50 bits per heavy atom. The lowest BCUT2D eigenvalue weighted by Crippen LogP contribution is -2.35. The van der Waals surface area contributed by atoms with E-state index in [1.54, 1.807) is 0 Å². The topological polar surface area (TPSA) is 33.1 Å². The fraction of sp³-hybridized carbons (Fsp3) is 0.750. The zero-order chi connectivity index (χ0) is 11.0. The van der Waals surface area contributed by atoms with Crippen molar-refractivity contribution in [2.75, 3.05) is 26.2 Å². The van der Waals surface area contributed by atoms with Gasteiger partial charge in [-0.25, -0.2) is 4.98 Å². The van der Waals surface area contributed by atoms with Gasteiger partial charge in [-0.2, -0.15) is 0 Å². The van der Waals surface area contributed by atoms with Crippen LogP contribution in [-0.4, -0.2) is 46.7 Å². The summed E-state index contributed by atoms with van der Waals surface area (Å²) in [5, 5.41) is 3.50. The minimum absolute atomic E-state index is 0.799. The summed E-state index contributed by atoms with van der Waals surface area (Å²) in [6, 6.07) is 0.799. The summed E-state index contributed by atoms with van der Waals surface area (Å²) in [7, 11) is 2.08. The van der Waals surface area contributed by atoms with Crippen LogP contribution in [0, 0.1) is 5.92 Å². The molecule has 0 aliphatic carbocycles. The first-order valence-corrected chi connectivity index (χ1v) is 6.24. The SMILES string of the molecule is Cn1cncc1CCN1CC[C@@H]2CNC[C@@H]21. The smallest absolute Gasteiger partial charge is 0.0945 e. The summed E-state index contributed by atoms with van der Waals surface area (Å²) in [6.45, 7) is 4.89. The van der Waals surface area contributed by atoms with Crippen LogP contribution in [0.2, 0.25) is 0 Å². The second-order valence-corrected chi connectivity index (χ2v) is 5.06. The van der Waals surface area contributed by atoms with E-state index in [1.807, 2.05) is 12.5 Å². The van der Waals surface area contributed by atoms with E-state index in [4.69, 9.17) is 0 Å². The van der Waals surface area contributed by atoms with Gasteiger partial charge in [0.1, 0.15) is 0 Å². The average Bonchev–Trinajstić information content (AvgIpc) is 2.92. The van der Waals surface area contributed by atoms with E-state index in [1.165, 1.54) is 38.3 Å². The Labute approximate surface area is 96.7 Å². The normalized spacial score (nSPS) is 29.8. The molecule has 0 amide bonds. The molecule has 0 bridgehead atoms. The highest BCUT2D eigenvalue weighted by Crippen LogP contribution is 2.26. The maximum Gasteiger partial charge on any atom is 0.0945 e. The number of nitrogens with zero attached hydrogens (tertiary/aromatic N) is 3. The van der Waals surface area contributed by atoms with Gasteiger partial charge in [-0.05, 0) is 25.4 Å². The molecule has 3 rings (SSSR count). The van der Waals surface area contributed by atoms with Crippen LogP contribution in [0.5, 0.6) is 0 Å². The van der Waals surface area contributed by atoms with Crippen LogP contribution in [-0.2, 0) is 13.5 Å². The second-order valence-electron chi connectivity index (χ2n) is 5.06.